The number of nitrogens with two attached hydrogens (primary N) is 1. The van der Waals surface area contributed by atoms with Crippen LogP contribution in [0, 0.1) is 0 Å². The number of nitrogen functional groups attached to an aromatic ring is 1. The molecule has 0 spiro atoms. The average Bonchev–Trinajstić information content (AvgIpc) is 2.82. The maximum Gasteiger partial charge on any atom is 0.262 e. The van der Waals surface area contributed by atoms with Crippen LogP contribution in [0.25, 0.3) is 5.69 Å². The molecule has 0 atom stereocenters. The zero-order valence-corrected chi connectivity index (χ0v) is 13.2. The minimum Gasteiger partial charge on any atom is -0.384 e. The molecule has 3 rings (SSSR count). The average molecular weight is 348 g/mol. The molecule has 2 heterocycles. The molecular formula is C14H12N4O5S. The maximum absolute atomic E-state index is 12.4. The number of anilines is 1. The topological polar surface area (TPSA) is 140 Å². The molecule has 1 aliphatic heterocycles. The summed E-state index contributed by atoms with van der Waals surface area (Å²) in [4.78, 5) is 35.7. The molecule has 0 bridgehead atoms. The van der Waals surface area contributed by atoms with Crippen molar-refractivity contribution in [1.82, 2.24) is 14.6 Å². The fourth-order valence-electron chi connectivity index (χ4n) is 2.51. The summed E-state index contributed by atoms with van der Waals surface area (Å²) in [5.41, 5.74) is 4.87. The number of pyridine rings is 1. The number of benzene rings is 1. The number of imide groups is 1. The van der Waals surface area contributed by atoms with E-state index in [9.17, 15) is 22.8 Å². The number of nitrogens with one attached hydrogen (secondary N) is 2. The van der Waals surface area contributed by atoms with E-state index >= 15 is 0 Å². The minimum atomic E-state index is -3.88. The van der Waals surface area contributed by atoms with Gasteiger partial charge in [-0.1, -0.05) is 12.1 Å². The number of para-hydroxylation sites is 1. The lowest BCUT2D eigenvalue weighted by Crippen LogP contribution is -2.27. The van der Waals surface area contributed by atoms with Crippen molar-refractivity contribution >= 4 is 27.7 Å². The molecule has 9 nitrogen and oxygen atoms in total. The van der Waals surface area contributed by atoms with E-state index in [1.54, 1.807) is 0 Å². The Hall–Kier alpha value is -2.98. The van der Waals surface area contributed by atoms with Crippen LogP contribution in [0.15, 0.2) is 40.0 Å². The number of hydrogen-bond acceptors (Lipinski definition) is 6. The fraction of sp³-hybridized carbons (Fsp3) is 0.0714. The number of sulfonamides is 1. The zero-order chi connectivity index (χ0) is 17.6. The number of aromatic nitrogens is 1. The third-order valence-electron chi connectivity index (χ3n) is 3.62. The Morgan fingerprint density at radius 2 is 1.79 bits per heavy atom. The van der Waals surface area contributed by atoms with Crippen molar-refractivity contribution in [1.29, 1.82) is 0 Å². The van der Waals surface area contributed by atoms with Gasteiger partial charge >= 0.3 is 0 Å². The summed E-state index contributed by atoms with van der Waals surface area (Å²) in [5, 5.41) is 2.04. The summed E-state index contributed by atoms with van der Waals surface area (Å²) >= 11 is 0. The number of carbonyl (C=O) groups excluding carboxylic acids is 2. The number of carbonyl (C=O) groups is 2. The molecule has 0 saturated carbocycles. The van der Waals surface area contributed by atoms with Crippen molar-refractivity contribution < 1.29 is 18.0 Å². The van der Waals surface area contributed by atoms with E-state index in [0.29, 0.717) is 0 Å². The smallest absolute Gasteiger partial charge is 0.262 e. The number of amides is 2. The molecule has 0 saturated heterocycles. The lowest BCUT2D eigenvalue weighted by Gasteiger charge is -2.15. The van der Waals surface area contributed by atoms with Crippen LogP contribution in [0.3, 0.4) is 0 Å². The Balaban J connectivity index is 2.39. The van der Waals surface area contributed by atoms with Gasteiger partial charge in [0.25, 0.3) is 17.4 Å². The van der Waals surface area contributed by atoms with Crippen molar-refractivity contribution in [3.63, 3.8) is 0 Å². The first kappa shape index (κ1) is 15.9. The SMILES string of the molecule is CNS(=O)(=O)c1ccccc1-n1c(N)c2c(cc1=O)C(=O)NC2=O. The van der Waals surface area contributed by atoms with Gasteiger partial charge in [-0.05, 0) is 19.2 Å². The predicted molar refractivity (Wildman–Crippen MR) is 84.5 cm³/mol. The fourth-order valence-corrected chi connectivity index (χ4v) is 3.42. The van der Waals surface area contributed by atoms with Gasteiger partial charge in [-0.25, -0.2) is 13.1 Å². The Kier molecular flexibility index (Phi) is 3.50. The molecule has 1 aromatic carbocycles. The Morgan fingerprint density at radius 1 is 1.12 bits per heavy atom. The molecule has 10 heteroatoms. The lowest BCUT2D eigenvalue weighted by atomic mass is 10.1. The van der Waals surface area contributed by atoms with Crippen molar-refractivity contribution in [2.24, 2.45) is 0 Å². The van der Waals surface area contributed by atoms with Gasteiger partial charge in [-0.3, -0.25) is 24.3 Å². The molecule has 0 radical (unpaired) electrons. The van der Waals surface area contributed by atoms with Crippen molar-refractivity contribution in [2.45, 2.75) is 4.90 Å². The van der Waals surface area contributed by atoms with E-state index < -0.39 is 27.4 Å². The normalized spacial score (nSPS) is 13.7. The maximum atomic E-state index is 12.4. The van der Waals surface area contributed by atoms with Crippen LogP contribution in [-0.4, -0.2) is 31.8 Å². The van der Waals surface area contributed by atoms with Crippen molar-refractivity contribution in [3.05, 3.63) is 51.8 Å². The van der Waals surface area contributed by atoms with Crippen LogP contribution in [-0.2, 0) is 10.0 Å². The summed E-state index contributed by atoms with van der Waals surface area (Å²) in [6.45, 7) is 0. The molecule has 2 aromatic rings. The first-order valence-electron chi connectivity index (χ1n) is 6.72. The Bertz CT molecular complexity index is 1060. The minimum absolute atomic E-state index is 0.0238. The summed E-state index contributed by atoms with van der Waals surface area (Å²) < 4.78 is 27.4. The molecular weight excluding hydrogens is 336 g/mol. The Morgan fingerprint density at radius 3 is 2.46 bits per heavy atom. The van der Waals surface area contributed by atoms with Gasteiger partial charge in [-0.15, -0.1) is 0 Å². The first-order valence-corrected chi connectivity index (χ1v) is 8.20. The van der Waals surface area contributed by atoms with E-state index in [4.69, 9.17) is 5.73 Å². The van der Waals surface area contributed by atoms with Gasteiger partial charge in [0.1, 0.15) is 10.7 Å². The highest BCUT2D eigenvalue weighted by atomic mass is 32.2. The number of nitrogens with zero attached hydrogens (tertiary/aromatic N) is 1. The standard InChI is InChI=1S/C14H12N4O5S/c1-16-24(22,23)9-5-3-2-4-8(9)18-10(19)6-7-11(12(18)15)14(21)17-13(7)20/h2-6,16H,15H2,1H3,(H,17,20,21). The van der Waals surface area contributed by atoms with E-state index in [0.717, 1.165) is 10.6 Å². The van der Waals surface area contributed by atoms with E-state index in [1.165, 1.54) is 31.3 Å². The highest BCUT2D eigenvalue weighted by Crippen LogP contribution is 2.26. The Labute approximate surface area is 136 Å². The molecule has 4 N–H and O–H groups in total. The highest BCUT2D eigenvalue weighted by Gasteiger charge is 2.32. The van der Waals surface area contributed by atoms with Crippen LogP contribution in [0.5, 0.6) is 0 Å². The zero-order valence-electron chi connectivity index (χ0n) is 12.4. The van der Waals surface area contributed by atoms with E-state index in [2.05, 4.69) is 4.72 Å². The van der Waals surface area contributed by atoms with E-state index in [-0.39, 0.29) is 27.5 Å². The molecule has 1 aromatic heterocycles. The van der Waals surface area contributed by atoms with Crippen LogP contribution in [0.4, 0.5) is 5.82 Å². The molecule has 0 aliphatic carbocycles. The number of fused-ring (bicyclic) bond motifs is 1. The third kappa shape index (κ3) is 2.20. The number of rotatable bonds is 3. The van der Waals surface area contributed by atoms with Crippen molar-refractivity contribution in [2.75, 3.05) is 12.8 Å². The first-order chi connectivity index (χ1) is 11.3. The van der Waals surface area contributed by atoms with Gasteiger partial charge in [0.05, 0.1) is 16.8 Å². The highest BCUT2D eigenvalue weighted by molar-refractivity contribution is 7.89. The second-order valence-electron chi connectivity index (χ2n) is 4.95. The largest absolute Gasteiger partial charge is 0.384 e. The third-order valence-corrected chi connectivity index (χ3v) is 5.08. The second-order valence-corrected chi connectivity index (χ2v) is 6.81. The summed E-state index contributed by atoms with van der Waals surface area (Å²) in [6, 6.07) is 6.64. The van der Waals surface area contributed by atoms with Crippen LogP contribution in [0.1, 0.15) is 20.7 Å². The van der Waals surface area contributed by atoms with Crippen LogP contribution in [0.2, 0.25) is 0 Å². The lowest BCUT2D eigenvalue weighted by molar-refractivity contribution is 0.0880. The summed E-state index contributed by atoms with van der Waals surface area (Å²) in [7, 11) is -2.65. The predicted octanol–water partition coefficient (Wildman–Crippen LogP) is -0.789. The van der Waals surface area contributed by atoms with Gasteiger partial charge in [-0.2, -0.15) is 0 Å². The molecule has 124 valence electrons. The second kappa shape index (κ2) is 5.28. The molecule has 0 unspecified atom stereocenters. The van der Waals surface area contributed by atoms with Crippen LogP contribution < -0.4 is 21.3 Å². The molecule has 1 aliphatic rings. The molecule has 2 amide bonds. The summed E-state index contributed by atoms with van der Waals surface area (Å²) in [5.74, 6) is -1.77. The number of hydrogen-bond donors (Lipinski definition) is 3. The quantitative estimate of drug-likeness (QED) is 0.621. The summed E-state index contributed by atoms with van der Waals surface area (Å²) in [6.07, 6.45) is 0. The monoisotopic (exact) mass is 348 g/mol. The van der Waals surface area contributed by atoms with Gasteiger partial charge < -0.3 is 5.73 Å². The molecule has 24 heavy (non-hydrogen) atoms. The van der Waals surface area contributed by atoms with Crippen molar-refractivity contribution in [3.8, 4) is 5.69 Å². The molecule has 0 fully saturated rings. The van der Waals surface area contributed by atoms with Gasteiger partial charge in [0, 0.05) is 6.07 Å². The van der Waals surface area contributed by atoms with Crippen LogP contribution >= 0.6 is 0 Å². The van der Waals surface area contributed by atoms with Gasteiger partial charge in [0.2, 0.25) is 10.0 Å². The van der Waals surface area contributed by atoms with Gasteiger partial charge in [0.15, 0.2) is 0 Å². The van der Waals surface area contributed by atoms with E-state index in [1.807, 2.05) is 5.32 Å².